The molecule has 3 heterocycles. The summed E-state index contributed by atoms with van der Waals surface area (Å²) in [6.45, 7) is -4.34. The van der Waals surface area contributed by atoms with E-state index in [4.69, 9.17) is 12.6 Å². The van der Waals surface area contributed by atoms with Crippen molar-refractivity contribution in [2.45, 2.75) is 13.7 Å². The van der Waals surface area contributed by atoms with E-state index in [0.717, 1.165) is 38.6 Å². The molecule has 0 saturated carbocycles. The topological polar surface area (TPSA) is 38.9 Å². The van der Waals surface area contributed by atoms with Crippen LogP contribution < -0.4 is 0 Å². The zero-order valence-corrected chi connectivity index (χ0v) is 22.4. The van der Waals surface area contributed by atoms with Crippen molar-refractivity contribution >= 4 is 32.7 Å². The quantitative estimate of drug-likeness (QED) is 0.172. The van der Waals surface area contributed by atoms with Gasteiger partial charge >= 0.3 is 0 Å². The van der Waals surface area contributed by atoms with E-state index in [9.17, 15) is 0 Å². The molecule has 0 bridgehead atoms. The average molecular weight is 675 g/mol. The van der Waals surface area contributed by atoms with Gasteiger partial charge in [-0.15, -0.1) is 53.6 Å². The number of hydrogen-bond acceptors (Lipinski definition) is 3. The average Bonchev–Trinajstić information content (AvgIpc) is 3.41. The van der Waals surface area contributed by atoms with Gasteiger partial charge in [0.1, 0.15) is 5.58 Å². The van der Waals surface area contributed by atoms with E-state index in [1.165, 1.54) is 29.8 Å². The molecule has 0 spiro atoms. The van der Waals surface area contributed by atoms with Crippen LogP contribution in [0.4, 0.5) is 0 Å². The summed E-state index contributed by atoms with van der Waals surface area (Å²) < 4.78 is 49.9. The third-order valence-corrected chi connectivity index (χ3v) is 6.10. The minimum Gasteiger partial charge on any atom is -0.500 e. The van der Waals surface area contributed by atoms with Gasteiger partial charge in [-0.1, -0.05) is 78.5 Å². The second-order valence-electron chi connectivity index (χ2n) is 8.50. The first-order chi connectivity index (χ1) is 20.6. The Labute approximate surface area is 244 Å². The molecular formula is C34H24IrN2O-2. The van der Waals surface area contributed by atoms with E-state index in [1.807, 2.05) is 36.4 Å². The zero-order chi connectivity index (χ0) is 30.2. The number of nitrogens with zero attached hydrogens (tertiary/aromatic N) is 2. The van der Waals surface area contributed by atoms with Gasteiger partial charge in [0.25, 0.3) is 0 Å². The number of rotatable bonds is 2. The molecule has 3 aromatic heterocycles. The van der Waals surface area contributed by atoms with E-state index in [2.05, 4.69) is 52.4 Å². The first kappa shape index (κ1) is 19.0. The molecule has 3 nitrogen and oxygen atoms in total. The maximum atomic E-state index is 7.28. The second-order valence-corrected chi connectivity index (χ2v) is 8.50. The van der Waals surface area contributed by atoms with Gasteiger partial charge in [0.2, 0.25) is 0 Å². The van der Waals surface area contributed by atoms with Gasteiger partial charge in [-0.05, 0) is 35.3 Å². The van der Waals surface area contributed by atoms with E-state index in [-0.39, 0.29) is 31.2 Å². The van der Waals surface area contributed by atoms with Crippen molar-refractivity contribution in [1.29, 1.82) is 0 Å². The molecule has 0 N–H and O–H groups in total. The predicted molar refractivity (Wildman–Crippen MR) is 151 cm³/mol. The minimum absolute atomic E-state index is 0. The molecule has 187 valence electrons. The Morgan fingerprint density at radius 2 is 1.53 bits per heavy atom. The van der Waals surface area contributed by atoms with Gasteiger partial charge in [0.15, 0.2) is 0 Å². The summed E-state index contributed by atoms with van der Waals surface area (Å²) in [6, 6.07) is 36.2. The third kappa shape index (κ3) is 5.02. The van der Waals surface area contributed by atoms with Gasteiger partial charge in [0, 0.05) is 51.5 Å². The first-order valence-corrected chi connectivity index (χ1v) is 11.7. The van der Waals surface area contributed by atoms with Crippen LogP contribution in [0.5, 0.6) is 0 Å². The third-order valence-electron chi connectivity index (χ3n) is 6.10. The van der Waals surface area contributed by atoms with Crippen LogP contribution in [0.2, 0.25) is 0 Å². The summed E-state index contributed by atoms with van der Waals surface area (Å²) in [4.78, 5) is 8.52. The number of hydrogen-bond donors (Lipinski definition) is 0. The van der Waals surface area contributed by atoms with Crippen LogP contribution in [0, 0.1) is 25.8 Å². The Morgan fingerprint density at radius 3 is 2.29 bits per heavy atom. The van der Waals surface area contributed by atoms with Crippen LogP contribution in [-0.4, -0.2) is 9.97 Å². The van der Waals surface area contributed by atoms with Crippen LogP contribution in [-0.2, 0) is 20.1 Å². The standard InChI is InChI=1S/C21H12NO.C13H12N.Ir/c1-2-7-15-14(6-1)11-12-17-16-8-5-9-18(21(16)23-20(15)17)19-10-3-4-13-22-19;1-10-3-6-12(7-4-10)13-8-5-11(2)9-14-13;/h1-8,10-13H;3-6,8-9H,1-2H3;/q2*-1;/i;1D3,2D3;. The normalized spacial score (nSPS) is 13.7. The van der Waals surface area contributed by atoms with Crippen molar-refractivity contribution in [3.8, 4) is 22.5 Å². The largest absolute Gasteiger partial charge is 0.500 e. The molecule has 1 radical (unpaired) electrons. The van der Waals surface area contributed by atoms with E-state index >= 15 is 0 Å². The van der Waals surface area contributed by atoms with Crippen LogP contribution in [0.3, 0.4) is 0 Å². The molecule has 0 atom stereocenters. The van der Waals surface area contributed by atoms with Gasteiger partial charge in [0.05, 0.1) is 5.58 Å². The Morgan fingerprint density at radius 1 is 0.684 bits per heavy atom. The number of furan rings is 1. The molecule has 0 aliphatic carbocycles. The smallest absolute Gasteiger partial charge is 0.128 e. The fourth-order valence-electron chi connectivity index (χ4n) is 4.31. The molecule has 0 amide bonds. The Bertz CT molecular complexity index is 1980. The van der Waals surface area contributed by atoms with E-state index in [1.54, 1.807) is 18.3 Å². The summed E-state index contributed by atoms with van der Waals surface area (Å²) in [6.07, 6.45) is 3.09. The van der Waals surface area contributed by atoms with Crippen LogP contribution in [0.15, 0.2) is 114 Å². The number of benzene rings is 4. The molecule has 7 rings (SSSR count). The molecule has 0 aliphatic heterocycles. The monoisotopic (exact) mass is 675 g/mol. The SMILES string of the molecule is [2H]C([2H])([2H])c1c[c-]c(-c2ccc(C([2H])([2H])[2H])cn2)cc1.[Ir].[c-]1ccc2c(oc3c4ccccc4ccc23)c1-c1ccccn1. The van der Waals surface area contributed by atoms with Gasteiger partial charge in [-0.3, -0.25) is 0 Å². The van der Waals surface area contributed by atoms with Crippen molar-refractivity contribution in [2.24, 2.45) is 0 Å². The molecular weight excluding hydrogens is 645 g/mol. The number of pyridine rings is 2. The van der Waals surface area contributed by atoms with E-state index < -0.39 is 13.7 Å². The molecule has 0 aliphatic rings. The van der Waals surface area contributed by atoms with Crippen LogP contribution >= 0.6 is 0 Å². The summed E-state index contributed by atoms with van der Waals surface area (Å²) >= 11 is 0. The first-order valence-electron chi connectivity index (χ1n) is 14.7. The predicted octanol–water partition coefficient (Wildman–Crippen LogP) is 8.76. The number of aryl methyl sites for hydroxylation is 2. The number of fused-ring (bicyclic) bond motifs is 5. The summed E-state index contributed by atoms with van der Waals surface area (Å²) in [5, 5.41) is 4.55. The maximum Gasteiger partial charge on any atom is 0.128 e. The molecule has 4 heteroatoms. The molecule has 7 aromatic rings. The van der Waals surface area contributed by atoms with Gasteiger partial charge in [-0.2, -0.15) is 0 Å². The second kappa shape index (κ2) is 11.1. The molecule has 0 unspecified atom stereocenters. The Balaban J connectivity index is 0.000000173. The fraction of sp³-hybridized carbons (Fsp3) is 0.0588. The van der Waals surface area contributed by atoms with Crippen LogP contribution in [0.25, 0.3) is 55.2 Å². The van der Waals surface area contributed by atoms with Gasteiger partial charge in [-0.25, -0.2) is 0 Å². The van der Waals surface area contributed by atoms with Gasteiger partial charge < -0.3 is 14.4 Å². The molecule has 0 fully saturated rings. The Kier molecular flexibility index (Phi) is 5.56. The molecule has 0 saturated heterocycles. The van der Waals surface area contributed by atoms with Crippen molar-refractivity contribution in [3.05, 3.63) is 133 Å². The summed E-state index contributed by atoms with van der Waals surface area (Å²) in [5.74, 6) is 0. The minimum atomic E-state index is -2.18. The molecule has 38 heavy (non-hydrogen) atoms. The molecule has 4 aromatic carbocycles. The Hall–Kier alpha value is -4.11. The maximum absolute atomic E-state index is 7.28. The number of aromatic nitrogens is 2. The van der Waals surface area contributed by atoms with Crippen molar-refractivity contribution in [1.82, 2.24) is 9.97 Å². The van der Waals surface area contributed by atoms with Crippen molar-refractivity contribution in [2.75, 3.05) is 0 Å². The summed E-state index contributed by atoms with van der Waals surface area (Å²) in [7, 11) is 0. The zero-order valence-electron chi connectivity index (χ0n) is 26.0. The fourth-order valence-corrected chi connectivity index (χ4v) is 4.31. The summed E-state index contributed by atoms with van der Waals surface area (Å²) in [5.41, 5.74) is 5.10. The van der Waals surface area contributed by atoms with Crippen molar-refractivity contribution in [3.63, 3.8) is 0 Å². The van der Waals surface area contributed by atoms with Crippen LogP contribution in [0.1, 0.15) is 19.4 Å². The van der Waals surface area contributed by atoms with Crippen molar-refractivity contribution < 1.29 is 32.7 Å². The van der Waals surface area contributed by atoms with E-state index in [0.29, 0.717) is 11.3 Å².